The normalized spacial score (nSPS) is 16.7. The summed E-state index contributed by atoms with van der Waals surface area (Å²) in [6, 6.07) is 9.26. The summed E-state index contributed by atoms with van der Waals surface area (Å²) in [7, 11) is 0. The van der Waals surface area contributed by atoms with Crippen molar-refractivity contribution in [2.45, 2.75) is 6.18 Å². The largest absolute Gasteiger partial charge is 0.416 e. The SMILES string of the molecule is O=C1NC(=O)N(c2cccc(C(F)(F)F)c2)C(=O)/C1=C\c1ccc(Br)cc1. The van der Waals surface area contributed by atoms with Crippen LogP contribution in [0, 0.1) is 0 Å². The van der Waals surface area contributed by atoms with Crippen molar-refractivity contribution in [2.24, 2.45) is 0 Å². The van der Waals surface area contributed by atoms with E-state index < -0.39 is 29.6 Å². The molecule has 2 aromatic rings. The van der Waals surface area contributed by atoms with Crippen LogP contribution in [0.15, 0.2) is 58.6 Å². The highest BCUT2D eigenvalue weighted by Gasteiger charge is 2.38. The number of amides is 4. The van der Waals surface area contributed by atoms with Crippen molar-refractivity contribution in [1.82, 2.24) is 5.32 Å². The fourth-order valence-electron chi connectivity index (χ4n) is 2.44. The number of anilines is 1. The Balaban J connectivity index is 2.02. The molecule has 0 atom stereocenters. The molecule has 0 aromatic heterocycles. The van der Waals surface area contributed by atoms with Crippen LogP contribution in [-0.4, -0.2) is 17.8 Å². The lowest BCUT2D eigenvalue weighted by Crippen LogP contribution is -2.54. The minimum Gasteiger partial charge on any atom is -0.273 e. The topological polar surface area (TPSA) is 66.5 Å². The number of urea groups is 1. The number of halogens is 4. The lowest BCUT2D eigenvalue weighted by atomic mass is 10.1. The first kappa shape index (κ1) is 18.8. The van der Waals surface area contributed by atoms with Crippen LogP contribution < -0.4 is 10.2 Å². The Bertz CT molecular complexity index is 969. The highest BCUT2D eigenvalue weighted by atomic mass is 79.9. The average Bonchev–Trinajstić information content (AvgIpc) is 2.59. The molecular weight excluding hydrogens is 429 g/mol. The van der Waals surface area contributed by atoms with Gasteiger partial charge in [-0.3, -0.25) is 14.9 Å². The van der Waals surface area contributed by atoms with E-state index in [-0.39, 0.29) is 11.3 Å². The fourth-order valence-corrected chi connectivity index (χ4v) is 2.70. The molecule has 2 aromatic carbocycles. The molecule has 3 rings (SSSR count). The van der Waals surface area contributed by atoms with Crippen molar-refractivity contribution >= 4 is 45.5 Å². The minimum absolute atomic E-state index is 0.290. The van der Waals surface area contributed by atoms with Gasteiger partial charge < -0.3 is 0 Å². The van der Waals surface area contributed by atoms with E-state index in [2.05, 4.69) is 15.9 Å². The van der Waals surface area contributed by atoms with Crippen molar-refractivity contribution in [3.05, 3.63) is 69.7 Å². The second kappa shape index (κ2) is 6.99. The smallest absolute Gasteiger partial charge is 0.273 e. The molecule has 0 radical (unpaired) electrons. The number of carbonyl (C=O) groups excluding carboxylic acids is 3. The van der Waals surface area contributed by atoms with Gasteiger partial charge >= 0.3 is 12.2 Å². The first-order chi connectivity index (χ1) is 12.7. The minimum atomic E-state index is -4.64. The molecular formula is C18H10BrF3N2O3. The van der Waals surface area contributed by atoms with Crippen LogP contribution in [0.1, 0.15) is 11.1 Å². The molecule has 0 unspecified atom stereocenters. The molecule has 0 saturated carbocycles. The maximum Gasteiger partial charge on any atom is 0.416 e. The number of hydrogen-bond donors (Lipinski definition) is 1. The zero-order chi connectivity index (χ0) is 19.8. The Kier molecular flexibility index (Phi) is 4.88. The number of carbonyl (C=O) groups is 3. The molecule has 1 aliphatic heterocycles. The van der Waals surface area contributed by atoms with Gasteiger partial charge in [-0.15, -0.1) is 0 Å². The first-order valence-corrected chi connectivity index (χ1v) is 8.30. The zero-order valence-corrected chi connectivity index (χ0v) is 15.0. The second-order valence-corrected chi connectivity index (χ2v) is 6.47. The van der Waals surface area contributed by atoms with Crippen molar-refractivity contribution in [3.63, 3.8) is 0 Å². The Morgan fingerprint density at radius 3 is 2.30 bits per heavy atom. The summed E-state index contributed by atoms with van der Waals surface area (Å²) in [5.41, 5.74) is -1.16. The van der Waals surface area contributed by atoms with Crippen molar-refractivity contribution < 1.29 is 27.6 Å². The van der Waals surface area contributed by atoms with E-state index in [1.54, 1.807) is 24.3 Å². The predicted octanol–water partition coefficient (Wildman–Crippen LogP) is 4.13. The van der Waals surface area contributed by atoms with Crippen molar-refractivity contribution in [1.29, 1.82) is 0 Å². The highest BCUT2D eigenvalue weighted by molar-refractivity contribution is 9.10. The third-order valence-electron chi connectivity index (χ3n) is 3.71. The van der Waals surface area contributed by atoms with Gasteiger partial charge in [-0.05, 0) is 42.0 Å². The zero-order valence-electron chi connectivity index (χ0n) is 13.4. The van der Waals surface area contributed by atoms with Crippen molar-refractivity contribution in [2.75, 3.05) is 4.90 Å². The van der Waals surface area contributed by atoms with E-state index in [1.165, 1.54) is 12.1 Å². The molecule has 138 valence electrons. The Labute approximate surface area is 159 Å². The quantitative estimate of drug-likeness (QED) is 0.566. The summed E-state index contributed by atoms with van der Waals surface area (Å²) in [5, 5.41) is 1.97. The lowest BCUT2D eigenvalue weighted by Gasteiger charge is -2.26. The first-order valence-electron chi connectivity index (χ1n) is 7.51. The average molecular weight is 439 g/mol. The van der Waals surface area contributed by atoms with Gasteiger partial charge in [0.1, 0.15) is 5.57 Å². The molecule has 1 aliphatic rings. The number of rotatable bonds is 2. The van der Waals surface area contributed by atoms with Gasteiger partial charge in [0, 0.05) is 4.47 Å². The Morgan fingerprint density at radius 1 is 1.00 bits per heavy atom. The number of alkyl halides is 3. The number of nitrogens with one attached hydrogen (secondary N) is 1. The van der Waals surface area contributed by atoms with Gasteiger partial charge in [-0.2, -0.15) is 13.2 Å². The maximum atomic E-state index is 12.9. The van der Waals surface area contributed by atoms with E-state index in [0.29, 0.717) is 16.5 Å². The molecule has 0 bridgehead atoms. The third kappa shape index (κ3) is 3.92. The molecule has 1 fully saturated rings. The molecule has 4 amide bonds. The van der Waals surface area contributed by atoms with E-state index in [0.717, 1.165) is 16.6 Å². The van der Waals surface area contributed by atoms with Crippen LogP contribution in [0.5, 0.6) is 0 Å². The second-order valence-electron chi connectivity index (χ2n) is 5.56. The van der Waals surface area contributed by atoms with E-state index >= 15 is 0 Å². The maximum absolute atomic E-state index is 12.9. The molecule has 27 heavy (non-hydrogen) atoms. The summed E-state index contributed by atoms with van der Waals surface area (Å²) in [6.07, 6.45) is -3.38. The van der Waals surface area contributed by atoms with E-state index in [1.807, 2.05) is 5.32 Å². The molecule has 0 spiro atoms. The molecule has 1 heterocycles. The van der Waals surface area contributed by atoms with Gasteiger partial charge in [0.15, 0.2) is 0 Å². The molecule has 1 saturated heterocycles. The van der Waals surface area contributed by atoms with Gasteiger partial charge in [-0.25, -0.2) is 9.69 Å². The van der Waals surface area contributed by atoms with Crippen LogP contribution in [0.3, 0.4) is 0 Å². The Hall–Kier alpha value is -2.94. The summed E-state index contributed by atoms with van der Waals surface area (Å²) in [5.74, 6) is -1.93. The van der Waals surface area contributed by atoms with E-state index in [9.17, 15) is 27.6 Å². The van der Waals surface area contributed by atoms with Gasteiger partial charge in [0.25, 0.3) is 11.8 Å². The van der Waals surface area contributed by atoms with Gasteiger partial charge in [-0.1, -0.05) is 34.1 Å². The van der Waals surface area contributed by atoms with E-state index in [4.69, 9.17) is 0 Å². The van der Waals surface area contributed by atoms with Gasteiger partial charge in [0.05, 0.1) is 11.3 Å². The van der Waals surface area contributed by atoms with Crippen LogP contribution in [0.25, 0.3) is 6.08 Å². The number of hydrogen-bond acceptors (Lipinski definition) is 3. The van der Waals surface area contributed by atoms with Crippen LogP contribution in [0.2, 0.25) is 0 Å². The number of barbiturate groups is 1. The van der Waals surface area contributed by atoms with Crippen LogP contribution in [-0.2, 0) is 15.8 Å². The standard InChI is InChI=1S/C18H10BrF3N2O3/c19-12-6-4-10(5-7-12)8-14-15(25)23-17(27)24(16(14)26)13-3-1-2-11(9-13)18(20,21)22/h1-9H,(H,23,25,27)/b14-8-. The third-order valence-corrected chi connectivity index (χ3v) is 4.24. The van der Waals surface area contributed by atoms with Crippen LogP contribution in [0.4, 0.5) is 23.7 Å². The van der Waals surface area contributed by atoms with Crippen LogP contribution >= 0.6 is 15.9 Å². The molecule has 5 nitrogen and oxygen atoms in total. The number of benzene rings is 2. The number of imide groups is 2. The summed E-state index contributed by atoms with van der Waals surface area (Å²) >= 11 is 3.25. The Morgan fingerprint density at radius 2 is 1.67 bits per heavy atom. The van der Waals surface area contributed by atoms with Gasteiger partial charge in [0.2, 0.25) is 0 Å². The molecule has 1 N–H and O–H groups in total. The summed E-state index contributed by atoms with van der Waals surface area (Å²) < 4.78 is 39.5. The highest BCUT2D eigenvalue weighted by Crippen LogP contribution is 2.32. The summed E-state index contributed by atoms with van der Waals surface area (Å²) in [6.45, 7) is 0. The number of nitrogens with zero attached hydrogens (tertiary/aromatic N) is 1. The monoisotopic (exact) mass is 438 g/mol. The fraction of sp³-hybridized carbons (Fsp3) is 0.0556. The molecule has 9 heteroatoms. The molecule has 0 aliphatic carbocycles. The van der Waals surface area contributed by atoms with Crippen molar-refractivity contribution in [3.8, 4) is 0 Å². The lowest BCUT2D eigenvalue weighted by molar-refractivity contribution is -0.137. The summed E-state index contributed by atoms with van der Waals surface area (Å²) in [4.78, 5) is 37.3. The predicted molar refractivity (Wildman–Crippen MR) is 94.6 cm³/mol.